The maximum Gasteiger partial charge on any atom is 0.251 e. The molecular formula is C25H25N7O2. The maximum atomic E-state index is 12.3. The molecule has 0 radical (unpaired) electrons. The molecule has 3 aromatic heterocycles. The Morgan fingerprint density at radius 2 is 1.79 bits per heavy atom. The van der Waals surface area contributed by atoms with Crippen molar-refractivity contribution in [3.63, 3.8) is 0 Å². The number of amides is 2. The third kappa shape index (κ3) is 4.73. The van der Waals surface area contributed by atoms with Gasteiger partial charge in [0.2, 0.25) is 5.91 Å². The van der Waals surface area contributed by atoms with Crippen LogP contribution in [0.3, 0.4) is 0 Å². The minimum Gasteiger partial charge on any atom is -0.365 e. The molecule has 5 rings (SSSR count). The Morgan fingerprint density at radius 1 is 1.03 bits per heavy atom. The first-order valence-electron chi connectivity index (χ1n) is 11.3. The van der Waals surface area contributed by atoms with Gasteiger partial charge in [-0.15, -0.1) is 0 Å². The second kappa shape index (κ2) is 9.30. The Balaban J connectivity index is 1.49. The van der Waals surface area contributed by atoms with Crippen LogP contribution >= 0.6 is 0 Å². The van der Waals surface area contributed by atoms with Gasteiger partial charge in [0.1, 0.15) is 0 Å². The molecule has 9 nitrogen and oxygen atoms in total. The molecule has 1 aliphatic rings. The molecule has 0 unspecified atom stereocenters. The van der Waals surface area contributed by atoms with Gasteiger partial charge in [-0.3, -0.25) is 19.0 Å². The van der Waals surface area contributed by atoms with Gasteiger partial charge in [-0.2, -0.15) is 0 Å². The number of imidazole rings is 1. The standard InChI is InChI=1S/C25H25N7O2/c1-16(33)27-12-13-28-23-24-29-14-22(32(24)15-21(31-23)17-8-10-26-11-9-17)18-2-4-19(5-3-18)25(34)30-20-6-7-20/h2-5,8-11,14-15,20H,6-7,12-13H2,1H3,(H,27,33)(H,28,31)(H,30,34). The van der Waals surface area contributed by atoms with E-state index in [1.54, 1.807) is 18.6 Å². The molecular weight excluding hydrogens is 430 g/mol. The summed E-state index contributed by atoms with van der Waals surface area (Å²) < 4.78 is 1.99. The van der Waals surface area contributed by atoms with E-state index in [0.717, 1.165) is 35.4 Å². The molecule has 0 bridgehead atoms. The van der Waals surface area contributed by atoms with Crippen LogP contribution < -0.4 is 16.0 Å². The summed E-state index contributed by atoms with van der Waals surface area (Å²) in [5, 5.41) is 9.08. The van der Waals surface area contributed by atoms with Crippen molar-refractivity contribution in [3.8, 4) is 22.5 Å². The van der Waals surface area contributed by atoms with E-state index in [9.17, 15) is 9.59 Å². The Labute approximate surface area is 196 Å². The topological polar surface area (TPSA) is 113 Å². The van der Waals surface area contributed by atoms with E-state index in [4.69, 9.17) is 4.98 Å². The van der Waals surface area contributed by atoms with E-state index < -0.39 is 0 Å². The number of carbonyl (C=O) groups excluding carboxylic acids is 2. The second-order valence-corrected chi connectivity index (χ2v) is 8.28. The third-order valence-corrected chi connectivity index (χ3v) is 5.62. The highest BCUT2D eigenvalue weighted by Crippen LogP contribution is 2.28. The Kier molecular flexibility index (Phi) is 5.90. The van der Waals surface area contributed by atoms with Gasteiger partial charge in [-0.1, -0.05) is 12.1 Å². The summed E-state index contributed by atoms with van der Waals surface area (Å²) in [5.41, 5.74) is 4.82. The van der Waals surface area contributed by atoms with E-state index in [0.29, 0.717) is 36.2 Å². The van der Waals surface area contributed by atoms with Crippen LogP contribution in [0, 0.1) is 0 Å². The first-order valence-corrected chi connectivity index (χ1v) is 11.3. The number of hydrogen-bond donors (Lipinski definition) is 3. The lowest BCUT2D eigenvalue weighted by molar-refractivity contribution is -0.118. The summed E-state index contributed by atoms with van der Waals surface area (Å²) in [5.74, 6) is 0.496. The molecule has 0 atom stereocenters. The van der Waals surface area contributed by atoms with Crippen molar-refractivity contribution in [3.05, 3.63) is 66.7 Å². The Bertz CT molecular complexity index is 1330. The van der Waals surface area contributed by atoms with Crippen molar-refractivity contribution >= 4 is 23.3 Å². The van der Waals surface area contributed by atoms with Crippen LogP contribution in [0.4, 0.5) is 5.82 Å². The Hall–Kier alpha value is -4.27. The zero-order valence-electron chi connectivity index (χ0n) is 18.8. The molecule has 3 N–H and O–H groups in total. The lowest BCUT2D eigenvalue weighted by Gasteiger charge is -2.12. The van der Waals surface area contributed by atoms with Gasteiger partial charge in [-0.05, 0) is 37.1 Å². The molecule has 0 saturated heterocycles. The third-order valence-electron chi connectivity index (χ3n) is 5.62. The van der Waals surface area contributed by atoms with E-state index in [1.165, 1.54) is 6.92 Å². The monoisotopic (exact) mass is 455 g/mol. The van der Waals surface area contributed by atoms with Gasteiger partial charge in [0.25, 0.3) is 5.91 Å². The van der Waals surface area contributed by atoms with Crippen LogP contribution in [0.15, 0.2) is 61.2 Å². The van der Waals surface area contributed by atoms with E-state index >= 15 is 0 Å². The number of anilines is 1. The summed E-state index contributed by atoms with van der Waals surface area (Å²) >= 11 is 0. The van der Waals surface area contributed by atoms with E-state index in [1.807, 2.05) is 47.0 Å². The van der Waals surface area contributed by atoms with Crippen molar-refractivity contribution in [2.24, 2.45) is 0 Å². The number of hydrogen-bond acceptors (Lipinski definition) is 6. The molecule has 4 aromatic rings. The van der Waals surface area contributed by atoms with Gasteiger partial charge >= 0.3 is 0 Å². The maximum absolute atomic E-state index is 12.3. The molecule has 0 spiro atoms. The minimum absolute atomic E-state index is 0.0398. The summed E-state index contributed by atoms with van der Waals surface area (Å²) in [4.78, 5) is 37.0. The fourth-order valence-electron chi connectivity index (χ4n) is 3.69. The molecule has 9 heteroatoms. The van der Waals surface area contributed by atoms with Crippen molar-refractivity contribution < 1.29 is 9.59 Å². The molecule has 1 saturated carbocycles. The SMILES string of the molecule is CC(=O)NCCNc1nc(-c2ccncc2)cn2c(-c3ccc(C(=O)NC4CC4)cc3)cnc12. The highest BCUT2D eigenvalue weighted by atomic mass is 16.2. The number of benzene rings is 1. The van der Waals surface area contributed by atoms with Crippen molar-refractivity contribution in [1.82, 2.24) is 30.0 Å². The fourth-order valence-corrected chi connectivity index (χ4v) is 3.69. The lowest BCUT2D eigenvalue weighted by Crippen LogP contribution is -2.26. The highest BCUT2D eigenvalue weighted by molar-refractivity contribution is 5.95. The average Bonchev–Trinajstić information content (AvgIpc) is 3.57. The highest BCUT2D eigenvalue weighted by Gasteiger charge is 2.23. The van der Waals surface area contributed by atoms with Crippen molar-refractivity contribution in [1.29, 1.82) is 0 Å². The summed E-state index contributed by atoms with van der Waals surface area (Å²) in [6.07, 6.45) is 9.31. The number of fused-ring (bicyclic) bond motifs is 1. The predicted molar refractivity (Wildman–Crippen MR) is 129 cm³/mol. The number of rotatable bonds is 8. The van der Waals surface area contributed by atoms with E-state index in [2.05, 4.69) is 25.9 Å². The zero-order chi connectivity index (χ0) is 23.5. The molecule has 1 fully saturated rings. The van der Waals surface area contributed by atoms with Crippen LogP contribution in [0.5, 0.6) is 0 Å². The average molecular weight is 456 g/mol. The molecule has 3 heterocycles. The molecule has 1 aromatic carbocycles. The van der Waals surface area contributed by atoms with E-state index in [-0.39, 0.29) is 11.8 Å². The number of nitrogens with one attached hydrogen (secondary N) is 3. The summed E-state index contributed by atoms with van der Waals surface area (Å²) in [7, 11) is 0. The smallest absolute Gasteiger partial charge is 0.251 e. The van der Waals surface area contributed by atoms with Crippen LogP contribution in [0.1, 0.15) is 30.1 Å². The quantitative estimate of drug-likeness (QED) is 0.352. The van der Waals surface area contributed by atoms with Gasteiger partial charge in [0, 0.05) is 61.3 Å². The van der Waals surface area contributed by atoms with Crippen LogP contribution in [0.25, 0.3) is 28.2 Å². The number of pyridine rings is 1. The normalized spacial score (nSPS) is 13.0. The van der Waals surface area contributed by atoms with Gasteiger partial charge < -0.3 is 16.0 Å². The minimum atomic E-state index is -0.0807. The zero-order valence-corrected chi connectivity index (χ0v) is 18.8. The summed E-state index contributed by atoms with van der Waals surface area (Å²) in [6.45, 7) is 2.47. The first-order chi connectivity index (χ1) is 16.6. The largest absolute Gasteiger partial charge is 0.365 e. The predicted octanol–water partition coefficient (Wildman–Crippen LogP) is 2.90. The first kappa shape index (κ1) is 21.6. The second-order valence-electron chi connectivity index (χ2n) is 8.28. The van der Waals surface area contributed by atoms with Crippen molar-refractivity contribution in [2.45, 2.75) is 25.8 Å². The van der Waals surface area contributed by atoms with Crippen LogP contribution in [0.2, 0.25) is 0 Å². The lowest BCUT2D eigenvalue weighted by atomic mass is 10.1. The molecule has 1 aliphatic carbocycles. The summed E-state index contributed by atoms with van der Waals surface area (Å²) in [6, 6.07) is 11.7. The number of aromatic nitrogens is 4. The Morgan fingerprint density at radius 3 is 2.50 bits per heavy atom. The molecule has 34 heavy (non-hydrogen) atoms. The number of carbonyl (C=O) groups is 2. The van der Waals surface area contributed by atoms with Gasteiger partial charge in [0.15, 0.2) is 11.5 Å². The van der Waals surface area contributed by atoms with Crippen LogP contribution in [-0.4, -0.2) is 50.3 Å². The fraction of sp³-hybridized carbons (Fsp3) is 0.240. The number of nitrogens with zero attached hydrogens (tertiary/aromatic N) is 4. The molecule has 2 amide bonds. The van der Waals surface area contributed by atoms with Crippen molar-refractivity contribution in [2.75, 3.05) is 18.4 Å². The molecule has 0 aliphatic heterocycles. The van der Waals surface area contributed by atoms with Gasteiger partial charge in [0.05, 0.1) is 17.6 Å². The van der Waals surface area contributed by atoms with Crippen LogP contribution in [-0.2, 0) is 4.79 Å². The molecule has 172 valence electrons. The van der Waals surface area contributed by atoms with Gasteiger partial charge in [-0.25, -0.2) is 9.97 Å².